The van der Waals surface area contributed by atoms with Crippen molar-refractivity contribution in [3.63, 3.8) is 0 Å². The minimum absolute atomic E-state index is 0. The molecule has 5 nitrogen and oxygen atoms in total. The second-order valence-corrected chi connectivity index (χ2v) is 5.34. The average molecular weight is 349 g/mol. The summed E-state index contributed by atoms with van der Waals surface area (Å²) in [6, 6.07) is 4.01. The van der Waals surface area contributed by atoms with Crippen molar-refractivity contribution in [3.05, 3.63) is 23.9 Å². The lowest BCUT2D eigenvalue weighted by molar-refractivity contribution is -0.125. The van der Waals surface area contributed by atoms with Crippen molar-refractivity contribution in [1.29, 1.82) is 0 Å². The molecule has 1 aromatic heterocycles. The van der Waals surface area contributed by atoms with Crippen molar-refractivity contribution < 1.29 is 4.79 Å². The molecule has 0 aliphatic carbocycles. The number of halogens is 2. The predicted molar refractivity (Wildman–Crippen MR) is 95.2 cm³/mol. The molecule has 126 valence electrons. The van der Waals surface area contributed by atoms with Gasteiger partial charge in [0.25, 0.3) is 0 Å². The Hall–Kier alpha value is -1.04. The maximum Gasteiger partial charge on any atom is 0.224 e. The van der Waals surface area contributed by atoms with Gasteiger partial charge in [0, 0.05) is 25.8 Å². The summed E-state index contributed by atoms with van der Waals surface area (Å²) in [4.78, 5) is 16.2. The van der Waals surface area contributed by atoms with Crippen LogP contribution in [0.15, 0.2) is 18.3 Å². The SMILES string of the molecule is Cc1ccc(NCCCNC(=O)C2CCCNC2)nc1.Cl.Cl. The molecule has 3 N–H and O–H groups in total. The van der Waals surface area contributed by atoms with Crippen LogP contribution in [0.5, 0.6) is 0 Å². The third kappa shape index (κ3) is 7.29. The third-order valence-corrected chi connectivity index (χ3v) is 3.54. The highest BCUT2D eigenvalue weighted by Crippen LogP contribution is 2.09. The standard InChI is InChI=1S/C15H24N4O.2ClH/c1-12-5-6-14(19-10-12)17-8-3-9-18-15(20)13-4-2-7-16-11-13;;/h5-6,10,13,16H,2-4,7-9,11H2,1H3,(H,17,19)(H,18,20);2*1H. The van der Waals surface area contributed by atoms with E-state index in [-0.39, 0.29) is 36.6 Å². The molecule has 2 heterocycles. The number of carbonyl (C=O) groups excluding carboxylic acids is 1. The van der Waals surface area contributed by atoms with Crippen LogP contribution in [0, 0.1) is 12.8 Å². The second-order valence-electron chi connectivity index (χ2n) is 5.34. The molecule has 1 aromatic rings. The molecular weight excluding hydrogens is 323 g/mol. The van der Waals surface area contributed by atoms with Crippen molar-refractivity contribution in [2.75, 3.05) is 31.5 Å². The highest BCUT2D eigenvalue weighted by Gasteiger charge is 2.19. The van der Waals surface area contributed by atoms with Crippen molar-refractivity contribution in [2.45, 2.75) is 26.2 Å². The summed E-state index contributed by atoms with van der Waals surface area (Å²) in [6.07, 6.45) is 4.85. The van der Waals surface area contributed by atoms with Gasteiger partial charge in [-0.3, -0.25) is 4.79 Å². The van der Waals surface area contributed by atoms with Gasteiger partial charge in [-0.1, -0.05) is 6.07 Å². The number of amides is 1. The number of rotatable bonds is 6. The fourth-order valence-electron chi connectivity index (χ4n) is 2.31. The van der Waals surface area contributed by atoms with Gasteiger partial charge in [-0.25, -0.2) is 4.98 Å². The molecule has 1 unspecified atom stereocenters. The molecule has 2 rings (SSSR count). The van der Waals surface area contributed by atoms with Crippen molar-refractivity contribution in [1.82, 2.24) is 15.6 Å². The van der Waals surface area contributed by atoms with E-state index in [9.17, 15) is 4.79 Å². The highest BCUT2D eigenvalue weighted by molar-refractivity contribution is 5.85. The van der Waals surface area contributed by atoms with E-state index in [0.717, 1.165) is 50.3 Å². The Morgan fingerprint density at radius 1 is 1.36 bits per heavy atom. The van der Waals surface area contributed by atoms with Crippen LogP contribution in [0.3, 0.4) is 0 Å². The van der Waals surface area contributed by atoms with Gasteiger partial charge in [-0.2, -0.15) is 0 Å². The van der Waals surface area contributed by atoms with Gasteiger partial charge >= 0.3 is 0 Å². The summed E-state index contributed by atoms with van der Waals surface area (Å²) in [5.41, 5.74) is 1.16. The summed E-state index contributed by atoms with van der Waals surface area (Å²) >= 11 is 0. The molecule has 0 radical (unpaired) electrons. The van der Waals surface area contributed by atoms with E-state index in [1.165, 1.54) is 0 Å². The number of piperidine rings is 1. The summed E-state index contributed by atoms with van der Waals surface area (Å²) in [5, 5.41) is 9.52. The van der Waals surface area contributed by atoms with Crippen LogP contribution in [0.25, 0.3) is 0 Å². The molecule has 1 aliphatic rings. The molecule has 1 saturated heterocycles. The summed E-state index contributed by atoms with van der Waals surface area (Å²) in [5.74, 6) is 1.22. The lowest BCUT2D eigenvalue weighted by Gasteiger charge is -2.21. The maximum absolute atomic E-state index is 11.9. The molecule has 1 amide bonds. The van der Waals surface area contributed by atoms with Crippen LogP contribution in [-0.2, 0) is 4.79 Å². The monoisotopic (exact) mass is 348 g/mol. The van der Waals surface area contributed by atoms with Crippen LogP contribution >= 0.6 is 24.8 Å². The first-order valence-electron chi connectivity index (χ1n) is 7.40. The van der Waals surface area contributed by atoms with E-state index in [1.807, 2.05) is 25.3 Å². The number of pyridine rings is 1. The Kier molecular flexibility index (Phi) is 11.0. The topological polar surface area (TPSA) is 66.0 Å². The van der Waals surface area contributed by atoms with Crippen LogP contribution in [0.2, 0.25) is 0 Å². The molecular formula is C15H26Cl2N4O. The lowest BCUT2D eigenvalue weighted by atomic mass is 9.99. The van der Waals surface area contributed by atoms with E-state index >= 15 is 0 Å². The van der Waals surface area contributed by atoms with Crippen molar-refractivity contribution in [3.8, 4) is 0 Å². The quantitative estimate of drug-likeness (QED) is 0.689. The Bertz CT molecular complexity index is 422. The molecule has 0 saturated carbocycles. The zero-order valence-corrected chi connectivity index (χ0v) is 14.6. The Morgan fingerprint density at radius 2 is 2.18 bits per heavy atom. The fourth-order valence-corrected chi connectivity index (χ4v) is 2.31. The first kappa shape index (κ1) is 21.0. The lowest BCUT2D eigenvalue weighted by Crippen LogP contribution is -2.41. The average Bonchev–Trinajstić information content (AvgIpc) is 2.49. The normalized spacial score (nSPS) is 16.9. The number of anilines is 1. The van der Waals surface area contributed by atoms with Gasteiger partial charge in [-0.15, -0.1) is 24.8 Å². The fraction of sp³-hybridized carbons (Fsp3) is 0.600. The summed E-state index contributed by atoms with van der Waals surface area (Å²) < 4.78 is 0. The van der Waals surface area contributed by atoms with Crippen molar-refractivity contribution >= 4 is 36.5 Å². The van der Waals surface area contributed by atoms with Crippen molar-refractivity contribution in [2.24, 2.45) is 5.92 Å². The third-order valence-electron chi connectivity index (χ3n) is 3.54. The van der Waals surface area contributed by atoms with Gasteiger partial charge in [-0.05, 0) is 44.4 Å². The largest absolute Gasteiger partial charge is 0.370 e. The van der Waals surface area contributed by atoms with E-state index in [2.05, 4.69) is 20.9 Å². The molecule has 0 spiro atoms. The first-order valence-corrected chi connectivity index (χ1v) is 7.40. The molecule has 0 bridgehead atoms. The van der Waals surface area contributed by atoms with Crippen LogP contribution in [-0.4, -0.2) is 37.1 Å². The van der Waals surface area contributed by atoms with Crippen LogP contribution in [0.1, 0.15) is 24.8 Å². The predicted octanol–water partition coefficient (Wildman–Crippen LogP) is 2.15. The minimum Gasteiger partial charge on any atom is -0.370 e. The molecule has 0 aromatic carbocycles. The zero-order valence-electron chi connectivity index (χ0n) is 12.9. The Balaban J connectivity index is 0.00000220. The summed E-state index contributed by atoms with van der Waals surface area (Å²) in [6.45, 7) is 5.41. The second kappa shape index (κ2) is 11.5. The number of aromatic nitrogens is 1. The van der Waals surface area contributed by atoms with E-state index in [4.69, 9.17) is 0 Å². The van der Waals surface area contributed by atoms with E-state index < -0.39 is 0 Å². The van der Waals surface area contributed by atoms with E-state index in [0.29, 0.717) is 6.54 Å². The Labute approximate surface area is 144 Å². The highest BCUT2D eigenvalue weighted by atomic mass is 35.5. The van der Waals surface area contributed by atoms with Gasteiger partial charge in [0.2, 0.25) is 5.91 Å². The van der Waals surface area contributed by atoms with Gasteiger partial charge in [0.05, 0.1) is 5.92 Å². The van der Waals surface area contributed by atoms with Crippen LogP contribution in [0.4, 0.5) is 5.82 Å². The molecule has 22 heavy (non-hydrogen) atoms. The van der Waals surface area contributed by atoms with E-state index in [1.54, 1.807) is 0 Å². The zero-order chi connectivity index (χ0) is 14.2. The van der Waals surface area contributed by atoms with Crippen LogP contribution < -0.4 is 16.0 Å². The number of nitrogens with one attached hydrogen (secondary N) is 3. The molecule has 1 aliphatic heterocycles. The number of carbonyl (C=O) groups is 1. The maximum atomic E-state index is 11.9. The smallest absolute Gasteiger partial charge is 0.224 e. The summed E-state index contributed by atoms with van der Waals surface area (Å²) in [7, 11) is 0. The van der Waals surface area contributed by atoms with Gasteiger partial charge in [0.1, 0.15) is 5.82 Å². The Morgan fingerprint density at radius 3 is 2.82 bits per heavy atom. The minimum atomic E-state index is 0. The molecule has 7 heteroatoms. The number of nitrogens with zero attached hydrogens (tertiary/aromatic N) is 1. The molecule has 1 atom stereocenters. The first-order chi connectivity index (χ1) is 9.75. The van der Waals surface area contributed by atoms with Gasteiger partial charge < -0.3 is 16.0 Å². The number of hydrogen-bond donors (Lipinski definition) is 3. The van der Waals surface area contributed by atoms with Gasteiger partial charge in [0.15, 0.2) is 0 Å². The number of hydrogen-bond acceptors (Lipinski definition) is 4. The number of aryl methyl sites for hydroxylation is 1. The molecule has 1 fully saturated rings.